The summed E-state index contributed by atoms with van der Waals surface area (Å²) in [5.41, 5.74) is 4.06. The SMILES string of the molecule is CNc1ncc2cc(-c3cccc(NC(=O)Nc4cn(C(C)(C)C)nc4-c4ccc(C#N)cc4)c3)c(=O)n(C(C)C)c2n1. The molecule has 0 atom stereocenters. The lowest BCUT2D eigenvalue weighted by Crippen LogP contribution is -2.25. The largest absolute Gasteiger partial charge is 0.357 e. The Bertz CT molecular complexity index is 1920. The Kier molecular flexibility index (Phi) is 7.70. The van der Waals surface area contributed by atoms with E-state index in [0.717, 1.165) is 10.9 Å². The fourth-order valence-corrected chi connectivity index (χ4v) is 4.70. The molecule has 0 radical (unpaired) electrons. The number of benzene rings is 2. The van der Waals surface area contributed by atoms with Crippen LogP contribution in [-0.2, 0) is 5.54 Å². The quantitative estimate of drug-likeness (QED) is 0.218. The van der Waals surface area contributed by atoms with Crippen molar-refractivity contribution in [3.63, 3.8) is 0 Å². The molecule has 11 nitrogen and oxygen atoms in total. The maximum absolute atomic E-state index is 13.7. The lowest BCUT2D eigenvalue weighted by molar-refractivity contribution is 0.262. The summed E-state index contributed by atoms with van der Waals surface area (Å²) in [6.45, 7) is 9.92. The van der Waals surface area contributed by atoms with Crippen molar-refractivity contribution in [1.29, 1.82) is 5.26 Å². The number of anilines is 3. The molecule has 2 amide bonds. The molecule has 3 heterocycles. The molecule has 0 saturated heterocycles. The maximum atomic E-state index is 13.7. The number of fused-ring (bicyclic) bond motifs is 1. The number of carbonyl (C=O) groups is 1. The normalized spacial score (nSPS) is 11.4. The third-order valence-corrected chi connectivity index (χ3v) is 6.88. The average molecular weight is 576 g/mol. The van der Waals surface area contributed by atoms with Crippen LogP contribution in [0, 0.1) is 11.3 Å². The third kappa shape index (κ3) is 5.94. The van der Waals surface area contributed by atoms with Crippen LogP contribution < -0.4 is 21.5 Å². The van der Waals surface area contributed by atoms with E-state index in [9.17, 15) is 14.9 Å². The zero-order chi connectivity index (χ0) is 30.9. The standard InChI is InChI=1S/C32H33N9O2/c1-19(2)41-28-23(17-35-30(34-6)38-28)15-25(29(41)42)22-8-7-9-24(14-22)36-31(43)37-26-18-40(32(3,4)5)39-27(26)21-12-10-20(16-33)11-13-21/h7-15,17-19H,1-6H3,(H,34,35,38)(H2,36,37,43). The van der Waals surface area contributed by atoms with Gasteiger partial charge >= 0.3 is 6.03 Å². The molecule has 5 aromatic rings. The van der Waals surface area contributed by atoms with Gasteiger partial charge in [-0.25, -0.2) is 9.78 Å². The number of aromatic nitrogens is 5. The minimum Gasteiger partial charge on any atom is -0.357 e. The van der Waals surface area contributed by atoms with Gasteiger partial charge in [0.05, 0.1) is 22.9 Å². The molecule has 0 aliphatic carbocycles. The van der Waals surface area contributed by atoms with Gasteiger partial charge < -0.3 is 16.0 Å². The van der Waals surface area contributed by atoms with Crippen molar-refractivity contribution in [3.8, 4) is 28.5 Å². The summed E-state index contributed by atoms with van der Waals surface area (Å²) >= 11 is 0. The second kappa shape index (κ2) is 11.4. The molecule has 2 aromatic carbocycles. The first-order valence-corrected chi connectivity index (χ1v) is 13.9. The highest BCUT2D eigenvalue weighted by atomic mass is 16.2. The Balaban J connectivity index is 1.46. The molecule has 3 N–H and O–H groups in total. The topological polar surface area (TPSA) is 143 Å². The highest BCUT2D eigenvalue weighted by Gasteiger charge is 2.21. The number of nitriles is 1. The van der Waals surface area contributed by atoms with Gasteiger partial charge in [-0.1, -0.05) is 24.3 Å². The van der Waals surface area contributed by atoms with E-state index in [0.29, 0.717) is 45.4 Å². The van der Waals surface area contributed by atoms with Gasteiger partial charge in [0.1, 0.15) is 11.3 Å². The van der Waals surface area contributed by atoms with Crippen LogP contribution in [0.25, 0.3) is 33.4 Å². The molecule has 0 aliphatic heterocycles. The molecule has 0 saturated carbocycles. The second-order valence-electron chi connectivity index (χ2n) is 11.4. The fraction of sp³-hybridized carbons (Fsp3) is 0.250. The molecule has 11 heteroatoms. The number of rotatable bonds is 6. The molecule has 3 aromatic heterocycles. The molecule has 0 unspecified atom stereocenters. The van der Waals surface area contributed by atoms with E-state index < -0.39 is 6.03 Å². The summed E-state index contributed by atoms with van der Waals surface area (Å²) in [5.74, 6) is 0.432. The Morgan fingerprint density at radius 2 is 1.77 bits per heavy atom. The summed E-state index contributed by atoms with van der Waals surface area (Å²) in [7, 11) is 1.73. The van der Waals surface area contributed by atoms with Crippen LogP contribution in [0.4, 0.5) is 22.1 Å². The van der Waals surface area contributed by atoms with E-state index in [1.807, 2.05) is 40.7 Å². The van der Waals surface area contributed by atoms with Crippen LogP contribution in [0.5, 0.6) is 0 Å². The van der Waals surface area contributed by atoms with Crippen LogP contribution in [0.15, 0.2) is 71.8 Å². The van der Waals surface area contributed by atoms with E-state index in [2.05, 4.69) is 32.0 Å². The fourth-order valence-electron chi connectivity index (χ4n) is 4.70. The number of nitrogens with zero attached hydrogens (tertiary/aromatic N) is 6. The van der Waals surface area contributed by atoms with Crippen LogP contribution in [0.2, 0.25) is 0 Å². The first kappa shape index (κ1) is 29.0. The third-order valence-electron chi connectivity index (χ3n) is 6.88. The van der Waals surface area contributed by atoms with E-state index in [1.54, 1.807) is 77.2 Å². The second-order valence-corrected chi connectivity index (χ2v) is 11.4. The molecule has 0 fully saturated rings. The molecule has 5 rings (SSSR count). The minimum atomic E-state index is -0.466. The van der Waals surface area contributed by atoms with E-state index >= 15 is 0 Å². The molecule has 43 heavy (non-hydrogen) atoms. The smallest absolute Gasteiger partial charge is 0.323 e. The number of nitrogens with one attached hydrogen (secondary N) is 3. The van der Waals surface area contributed by atoms with Gasteiger partial charge in [0.2, 0.25) is 5.95 Å². The van der Waals surface area contributed by atoms with Gasteiger partial charge in [-0.3, -0.25) is 14.0 Å². The summed E-state index contributed by atoms with van der Waals surface area (Å²) in [5, 5.41) is 23.4. The zero-order valence-corrected chi connectivity index (χ0v) is 24.9. The van der Waals surface area contributed by atoms with E-state index in [4.69, 9.17) is 5.10 Å². The number of pyridine rings is 1. The van der Waals surface area contributed by atoms with Crippen LogP contribution in [-0.4, -0.2) is 37.4 Å². The molecule has 218 valence electrons. The maximum Gasteiger partial charge on any atom is 0.323 e. The Hall–Kier alpha value is -5.50. The molecular weight excluding hydrogens is 542 g/mol. The van der Waals surface area contributed by atoms with Crippen LogP contribution in [0.3, 0.4) is 0 Å². The number of hydrogen-bond donors (Lipinski definition) is 3. The minimum absolute atomic E-state index is 0.138. The first-order chi connectivity index (χ1) is 20.5. The lowest BCUT2D eigenvalue weighted by atomic mass is 10.0. The Morgan fingerprint density at radius 3 is 2.42 bits per heavy atom. The van der Waals surface area contributed by atoms with Gasteiger partial charge in [-0.15, -0.1) is 0 Å². The van der Waals surface area contributed by atoms with Crippen molar-refractivity contribution < 1.29 is 4.79 Å². The lowest BCUT2D eigenvalue weighted by Gasteiger charge is -2.18. The summed E-state index contributed by atoms with van der Waals surface area (Å²) in [6, 6.07) is 17.5. The number of carbonyl (C=O) groups excluding carboxylic acids is 1. The zero-order valence-electron chi connectivity index (χ0n) is 24.9. The van der Waals surface area contributed by atoms with Gasteiger partial charge in [0.25, 0.3) is 5.56 Å². The summed E-state index contributed by atoms with van der Waals surface area (Å²) in [4.78, 5) is 35.7. The van der Waals surface area contributed by atoms with Crippen molar-refractivity contribution in [3.05, 3.63) is 82.9 Å². The van der Waals surface area contributed by atoms with Gasteiger partial charge in [0.15, 0.2) is 0 Å². The highest BCUT2D eigenvalue weighted by molar-refractivity contribution is 6.02. The van der Waals surface area contributed by atoms with Crippen molar-refractivity contribution in [2.75, 3.05) is 23.0 Å². The molecule has 0 spiro atoms. The first-order valence-electron chi connectivity index (χ1n) is 13.9. The predicted octanol–water partition coefficient (Wildman–Crippen LogP) is 6.22. The summed E-state index contributed by atoms with van der Waals surface area (Å²) in [6.07, 6.45) is 3.48. The van der Waals surface area contributed by atoms with Crippen LogP contribution in [0.1, 0.15) is 46.2 Å². The number of urea groups is 1. The molecule has 0 bridgehead atoms. The molecule has 0 aliphatic rings. The van der Waals surface area contributed by atoms with Gasteiger partial charge in [0, 0.05) is 47.7 Å². The highest BCUT2D eigenvalue weighted by Crippen LogP contribution is 2.30. The molecular formula is C32H33N9O2. The average Bonchev–Trinajstić information content (AvgIpc) is 3.40. The summed E-state index contributed by atoms with van der Waals surface area (Å²) < 4.78 is 3.44. The van der Waals surface area contributed by atoms with E-state index in [1.165, 1.54) is 0 Å². The Morgan fingerprint density at radius 1 is 1.02 bits per heavy atom. The number of amides is 2. The van der Waals surface area contributed by atoms with E-state index in [-0.39, 0.29) is 17.1 Å². The van der Waals surface area contributed by atoms with Crippen molar-refractivity contribution >= 4 is 34.4 Å². The van der Waals surface area contributed by atoms with Crippen molar-refractivity contribution in [2.45, 2.75) is 46.2 Å². The van der Waals surface area contributed by atoms with Crippen molar-refractivity contribution in [1.82, 2.24) is 24.3 Å². The van der Waals surface area contributed by atoms with Gasteiger partial charge in [-0.2, -0.15) is 15.3 Å². The van der Waals surface area contributed by atoms with Gasteiger partial charge in [-0.05, 0) is 70.5 Å². The number of hydrogen-bond acceptors (Lipinski definition) is 7. The predicted molar refractivity (Wildman–Crippen MR) is 169 cm³/mol. The van der Waals surface area contributed by atoms with Crippen molar-refractivity contribution in [2.24, 2.45) is 0 Å². The Labute approximate surface area is 249 Å². The monoisotopic (exact) mass is 575 g/mol. The van der Waals surface area contributed by atoms with Crippen LogP contribution >= 0.6 is 0 Å².